The van der Waals surface area contributed by atoms with Crippen LogP contribution in [0.1, 0.15) is 79.1 Å². The number of carbonyl (C=O) groups excluding carboxylic acids is 2. The van der Waals surface area contributed by atoms with E-state index >= 15 is 0 Å². The summed E-state index contributed by atoms with van der Waals surface area (Å²) in [6.07, 6.45) is 8.36. The summed E-state index contributed by atoms with van der Waals surface area (Å²) in [6.45, 7) is 7.99. The second-order valence-electron chi connectivity index (χ2n) is 7.22. The van der Waals surface area contributed by atoms with E-state index in [0.717, 1.165) is 38.5 Å². The fourth-order valence-corrected chi connectivity index (χ4v) is 3.47. The molecule has 0 bridgehead atoms. The Labute approximate surface area is 169 Å². The molecule has 3 nitrogen and oxygen atoms in total. The zero-order valence-electron chi connectivity index (χ0n) is 16.7. The van der Waals surface area contributed by atoms with Gasteiger partial charge < -0.3 is 5.32 Å². The van der Waals surface area contributed by atoms with Crippen molar-refractivity contribution in [2.75, 3.05) is 0 Å². The van der Waals surface area contributed by atoms with Crippen LogP contribution in [-0.4, -0.2) is 17.7 Å². The van der Waals surface area contributed by atoms with E-state index in [1.54, 1.807) is 5.54 Å². The second kappa shape index (κ2) is 15.3. The van der Waals surface area contributed by atoms with E-state index in [1.807, 2.05) is 26.8 Å². The number of hydrogen-bond acceptors (Lipinski definition) is 2. The minimum absolute atomic E-state index is 0.00457. The van der Waals surface area contributed by atoms with Crippen molar-refractivity contribution < 1.29 is 9.59 Å². The smallest absolute Gasteiger partial charge is 0.220 e. The average molecular weight is 404 g/mol. The third-order valence-corrected chi connectivity index (χ3v) is 5.06. The lowest BCUT2D eigenvalue weighted by molar-refractivity contribution is -0.127. The van der Waals surface area contributed by atoms with Gasteiger partial charge in [-0.15, -0.1) is 0 Å². The number of Topliss-reactive ketones (excluding diaryl/α,β-unsaturated/α-hetero) is 1. The first-order valence-corrected chi connectivity index (χ1v) is 10.6. The van der Waals surface area contributed by atoms with Crippen molar-refractivity contribution in [1.82, 2.24) is 5.32 Å². The van der Waals surface area contributed by atoms with Gasteiger partial charge in [0.15, 0.2) is 0 Å². The summed E-state index contributed by atoms with van der Waals surface area (Å²) in [5, 5.41) is 3.01. The van der Waals surface area contributed by atoms with Gasteiger partial charge in [0.1, 0.15) is 5.78 Å². The van der Waals surface area contributed by atoms with Crippen LogP contribution in [0.5, 0.6) is 0 Å². The number of allylic oxidation sites excluding steroid dienone is 2. The van der Waals surface area contributed by atoms with E-state index in [4.69, 9.17) is 23.2 Å². The highest BCUT2D eigenvalue weighted by molar-refractivity contribution is 6.25. The molecule has 5 heteroatoms. The molecule has 1 amide bonds. The van der Waals surface area contributed by atoms with Crippen molar-refractivity contribution in [1.29, 1.82) is 0 Å². The van der Waals surface area contributed by atoms with Crippen molar-refractivity contribution in [3.63, 3.8) is 0 Å². The Morgan fingerprint density at radius 3 is 2.31 bits per heavy atom. The van der Waals surface area contributed by atoms with Crippen LogP contribution in [0, 0.1) is 11.8 Å². The Bertz CT molecular complexity index is 475. The minimum atomic E-state index is -0.0596. The number of amides is 1. The molecule has 0 rings (SSSR count). The fourth-order valence-electron chi connectivity index (χ4n) is 3.12. The van der Waals surface area contributed by atoms with Gasteiger partial charge in [-0.1, -0.05) is 62.0 Å². The molecule has 150 valence electrons. The molecule has 0 aliphatic heterocycles. The van der Waals surface area contributed by atoms with Gasteiger partial charge in [-0.05, 0) is 45.4 Å². The van der Waals surface area contributed by atoms with Crippen molar-refractivity contribution in [3.05, 3.63) is 22.7 Å². The Balaban J connectivity index is 4.16. The molecule has 0 unspecified atom stereocenters. The van der Waals surface area contributed by atoms with E-state index in [0.29, 0.717) is 12.8 Å². The van der Waals surface area contributed by atoms with Gasteiger partial charge in [-0.2, -0.15) is 0 Å². The van der Waals surface area contributed by atoms with Gasteiger partial charge in [0.25, 0.3) is 0 Å². The molecular formula is C21H35Cl2NO2. The van der Waals surface area contributed by atoms with Crippen LogP contribution in [0.25, 0.3) is 0 Å². The van der Waals surface area contributed by atoms with Gasteiger partial charge in [0, 0.05) is 35.4 Å². The molecule has 0 radical (unpaired) electrons. The second-order valence-corrected chi connectivity index (χ2v) is 7.69. The predicted octanol–water partition coefficient (Wildman–Crippen LogP) is 6.35. The van der Waals surface area contributed by atoms with Crippen molar-refractivity contribution >= 4 is 34.9 Å². The zero-order chi connectivity index (χ0) is 19.9. The lowest BCUT2D eigenvalue weighted by Gasteiger charge is -2.20. The zero-order valence-corrected chi connectivity index (χ0v) is 18.2. The summed E-state index contributed by atoms with van der Waals surface area (Å²) in [5.41, 5.74) is 4.33. The number of hydrogen-bond donors (Lipinski definition) is 1. The van der Waals surface area contributed by atoms with Gasteiger partial charge in [0.2, 0.25) is 5.91 Å². The molecule has 0 aromatic heterocycles. The third-order valence-electron chi connectivity index (χ3n) is 4.57. The molecular weight excluding hydrogens is 369 g/mol. The molecule has 0 aliphatic rings. The minimum Gasteiger partial charge on any atom is -0.354 e. The molecule has 0 fully saturated rings. The molecule has 0 aliphatic carbocycles. The van der Waals surface area contributed by atoms with E-state index in [-0.39, 0.29) is 29.6 Å². The van der Waals surface area contributed by atoms with Crippen molar-refractivity contribution in [2.24, 2.45) is 11.8 Å². The molecule has 0 saturated heterocycles. The molecule has 0 aromatic rings. The molecule has 0 spiro atoms. The fraction of sp³-hybridized carbons (Fsp3) is 0.714. The number of nitrogens with one attached hydrogen (secondary N) is 1. The molecule has 1 N–H and O–H groups in total. The summed E-state index contributed by atoms with van der Waals surface area (Å²) < 4.78 is 0. The maximum atomic E-state index is 12.4. The summed E-state index contributed by atoms with van der Waals surface area (Å²) >= 11 is 11.3. The monoisotopic (exact) mass is 403 g/mol. The Hall–Kier alpha value is -0.800. The van der Waals surface area contributed by atoms with Crippen molar-refractivity contribution in [2.45, 2.75) is 85.1 Å². The Morgan fingerprint density at radius 1 is 1.04 bits per heavy atom. The molecule has 26 heavy (non-hydrogen) atoms. The molecule has 0 saturated carbocycles. The lowest BCUT2D eigenvalue weighted by atomic mass is 9.88. The number of ketones is 1. The maximum Gasteiger partial charge on any atom is 0.220 e. The topological polar surface area (TPSA) is 46.2 Å². The SMILES string of the molecule is CCC/C(=C\Cl)CCCC(=O)N[C@@H](C)C[C@@H](C)C(=O)[C@H](C)CC/C=C/Cl. The summed E-state index contributed by atoms with van der Waals surface area (Å²) in [6, 6.07) is -0.00457. The summed E-state index contributed by atoms with van der Waals surface area (Å²) in [5.74, 6) is 0.254. The third kappa shape index (κ3) is 11.7. The van der Waals surface area contributed by atoms with Gasteiger partial charge in [0.05, 0.1) is 0 Å². The van der Waals surface area contributed by atoms with Crippen LogP contribution in [0.4, 0.5) is 0 Å². The van der Waals surface area contributed by atoms with Gasteiger partial charge in [-0.25, -0.2) is 0 Å². The van der Waals surface area contributed by atoms with Gasteiger partial charge >= 0.3 is 0 Å². The predicted molar refractivity (Wildman–Crippen MR) is 112 cm³/mol. The van der Waals surface area contributed by atoms with Crippen LogP contribution in [0.2, 0.25) is 0 Å². The number of carbonyl (C=O) groups is 2. The summed E-state index contributed by atoms with van der Waals surface area (Å²) in [7, 11) is 0. The first kappa shape index (κ1) is 25.2. The lowest BCUT2D eigenvalue weighted by Crippen LogP contribution is -2.35. The first-order chi connectivity index (χ1) is 12.3. The van der Waals surface area contributed by atoms with E-state index < -0.39 is 0 Å². The standard InChI is InChI=1S/C21H35Cl2NO2/c1-5-9-19(15-23)11-8-12-20(25)24-18(4)14-17(3)21(26)16(2)10-6-7-13-22/h7,13,15-18H,5-6,8-12,14H2,1-4H3,(H,24,25)/b13-7+,19-15+/t16-,17-,18+/m1/s1. The van der Waals surface area contributed by atoms with Gasteiger partial charge in [-0.3, -0.25) is 9.59 Å². The van der Waals surface area contributed by atoms with E-state index in [9.17, 15) is 9.59 Å². The van der Waals surface area contributed by atoms with Crippen LogP contribution < -0.4 is 5.32 Å². The Kier molecular flexibility index (Phi) is 14.8. The first-order valence-electron chi connectivity index (χ1n) is 9.72. The maximum absolute atomic E-state index is 12.4. The molecule has 0 heterocycles. The van der Waals surface area contributed by atoms with Crippen LogP contribution >= 0.6 is 23.2 Å². The van der Waals surface area contributed by atoms with Crippen molar-refractivity contribution in [3.8, 4) is 0 Å². The molecule has 3 atom stereocenters. The van der Waals surface area contributed by atoms with Crippen LogP contribution in [0.15, 0.2) is 22.7 Å². The van der Waals surface area contributed by atoms with E-state index in [2.05, 4.69) is 12.2 Å². The highest BCUT2D eigenvalue weighted by atomic mass is 35.5. The highest BCUT2D eigenvalue weighted by Crippen LogP contribution is 2.18. The van der Waals surface area contributed by atoms with E-state index in [1.165, 1.54) is 11.1 Å². The largest absolute Gasteiger partial charge is 0.354 e. The number of halogens is 2. The highest BCUT2D eigenvalue weighted by Gasteiger charge is 2.22. The van der Waals surface area contributed by atoms with Crippen LogP contribution in [0.3, 0.4) is 0 Å². The molecule has 0 aromatic carbocycles. The number of rotatable bonds is 14. The van der Waals surface area contributed by atoms with Crippen LogP contribution in [-0.2, 0) is 9.59 Å². The quantitative estimate of drug-likeness (QED) is 0.367. The normalized spacial score (nSPS) is 15.7. The summed E-state index contributed by atoms with van der Waals surface area (Å²) in [4.78, 5) is 24.5. The Morgan fingerprint density at radius 2 is 1.73 bits per heavy atom. The average Bonchev–Trinajstić information content (AvgIpc) is 2.60.